The van der Waals surface area contributed by atoms with Crippen molar-refractivity contribution < 1.29 is 9.26 Å². The van der Waals surface area contributed by atoms with Gasteiger partial charge in [0.25, 0.3) is 0 Å². The number of likely N-dealkylation sites (N-methyl/N-ethyl adjacent to an activating group) is 2. The van der Waals surface area contributed by atoms with E-state index < -0.39 is 0 Å². The van der Waals surface area contributed by atoms with Gasteiger partial charge >= 0.3 is 0 Å². The third-order valence-corrected chi connectivity index (χ3v) is 5.70. The van der Waals surface area contributed by atoms with Crippen LogP contribution in [0.4, 0.5) is 0 Å². The lowest BCUT2D eigenvalue weighted by molar-refractivity contribution is -0.0308. The second kappa shape index (κ2) is 7.14. The Labute approximate surface area is 146 Å². The zero-order chi connectivity index (χ0) is 17.2. The lowest BCUT2D eigenvalue weighted by Crippen LogP contribution is -2.33. The highest BCUT2D eigenvalue weighted by Crippen LogP contribution is 2.50. The summed E-state index contributed by atoms with van der Waals surface area (Å²) in [6.07, 6.45) is 7.71. The molecule has 2 heterocycles. The second-order valence-corrected chi connectivity index (χ2v) is 8.64. The maximum absolute atomic E-state index is 6.24. The first-order valence-electron chi connectivity index (χ1n) is 9.34. The molecule has 1 aromatic heterocycles. The Hall–Kier alpha value is -0.910. The van der Waals surface area contributed by atoms with Crippen LogP contribution in [0.5, 0.6) is 0 Å². The van der Waals surface area contributed by atoms with Crippen LogP contribution < -0.4 is 5.32 Å². The van der Waals surface area contributed by atoms with E-state index in [0.717, 1.165) is 57.7 Å². The Morgan fingerprint density at radius 3 is 2.71 bits per heavy atom. The molecule has 0 unspecified atom stereocenters. The minimum absolute atomic E-state index is 0.129. The molecule has 2 fully saturated rings. The molecule has 0 bridgehead atoms. The van der Waals surface area contributed by atoms with Gasteiger partial charge in [-0.25, -0.2) is 0 Å². The van der Waals surface area contributed by atoms with Crippen molar-refractivity contribution in [3.8, 4) is 0 Å². The Morgan fingerprint density at radius 2 is 2.08 bits per heavy atom. The van der Waals surface area contributed by atoms with Gasteiger partial charge < -0.3 is 19.5 Å². The molecule has 136 valence electrons. The summed E-state index contributed by atoms with van der Waals surface area (Å²) in [5.41, 5.74) is 1.71. The van der Waals surface area contributed by atoms with Gasteiger partial charge in [-0.1, -0.05) is 19.0 Å². The summed E-state index contributed by atoms with van der Waals surface area (Å²) in [5, 5.41) is 7.29. The van der Waals surface area contributed by atoms with Crippen molar-refractivity contribution in [2.24, 2.45) is 5.41 Å². The third kappa shape index (κ3) is 4.01. The van der Waals surface area contributed by atoms with E-state index in [9.17, 15) is 0 Å². The van der Waals surface area contributed by atoms with Crippen molar-refractivity contribution in [2.45, 2.75) is 64.0 Å². The van der Waals surface area contributed by atoms with E-state index in [-0.39, 0.29) is 5.60 Å². The zero-order valence-corrected chi connectivity index (χ0v) is 15.7. The van der Waals surface area contributed by atoms with Crippen molar-refractivity contribution in [2.75, 3.05) is 33.8 Å². The molecule has 0 atom stereocenters. The van der Waals surface area contributed by atoms with Crippen molar-refractivity contribution in [1.82, 2.24) is 15.4 Å². The fourth-order valence-corrected chi connectivity index (χ4v) is 4.45. The number of ether oxygens (including phenoxy) is 1. The summed E-state index contributed by atoms with van der Waals surface area (Å²) in [4.78, 5) is 2.32. The summed E-state index contributed by atoms with van der Waals surface area (Å²) in [6.45, 7) is 8.48. The molecule has 0 amide bonds. The summed E-state index contributed by atoms with van der Waals surface area (Å²) in [7, 11) is 4.14. The first-order chi connectivity index (χ1) is 11.4. The average Bonchev–Trinajstić information content (AvgIpc) is 3.11. The Bertz CT molecular complexity index is 532. The van der Waals surface area contributed by atoms with Crippen LogP contribution in [0.25, 0.3) is 0 Å². The van der Waals surface area contributed by atoms with E-state index in [0.29, 0.717) is 11.3 Å². The van der Waals surface area contributed by atoms with Gasteiger partial charge in [0.2, 0.25) is 0 Å². The molecule has 0 radical (unpaired) electrons. The molecule has 5 heteroatoms. The van der Waals surface area contributed by atoms with E-state index in [4.69, 9.17) is 9.26 Å². The van der Waals surface area contributed by atoms with Crippen LogP contribution in [0.1, 0.15) is 63.2 Å². The number of hydrogen-bond donors (Lipinski definition) is 1. The fraction of sp³-hybridized carbons (Fsp3) is 0.842. The molecule has 1 saturated heterocycles. The summed E-state index contributed by atoms with van der Waals surface area (Å²) < 4.78 is 11.9. The SMILES string of the molecule is CNCCN(C)Cc1cnoc1[C@H]1CC[C@@]2(CC1)CC(C)(C)CO2. The van der Waals surface area contributed by atoms with E-state index in [1.807, 2.05) is 13.2 Å². The van der Waals surface area contributed by atoms with Crippen LogP contribution in [-0.4, -0.2) is 49.4 Å². The van der Waals surface area contributed by atoms with Crippen LogP contribution in [0.2, 0.25) is 0 Å². The number of nitrogens with zero attached hydrogens (tertiary/aromatic N) is 2. The van der Waals surface area contributed by atoms with Gasteiger partial charge in [-0.15, -0.1) is 0 Å². The molecule has 0 aromatic carbocycles. The highest BCUT2D eigenvalue weighted by Gasteiger charge is 2.47. The van der Waals surface area contributed by atoms with Gasteiger partial charge in [0.15, 0.2) is 0 Å². The van der Waals surface area contributed by atoms with Crippen molar-refractivity contribution in [3.05, 3.63) is 17.5 Å². The molecule has 1 spiro atoms. The third-order valence-electron chi connectivity index (χ3n) is 5.70. The van der Waals surface area contributed by atoms with E-state index in [2.05, 4.69) is 36.3 Å². The first-order valence-corrected chi connectivity index (χ1v) is 9.34. The van der Waals surface area contributed by atoms with Gasteiger partial charge in [0.05, 0.1) is 18.4 Å². The molecule has 1 aliphatic heterocycles. The maximum atomic E-state index is 6.24. The lowest BCUT2D eigenvalue weighted by Gasteiger charge is -2.36. The molecule has 5 nitrogen and oxygen atoms in total. The normalized spacial score (nSPS) is 29.6. The van der Waals surface area contributed by atoms with Crippen LogP contribution in [0.15, 0.2) is 10.7 Å². The molecule has 1 aliphatic carbocycles. The minimum Gasteiger partial charge on any atom is -0.374 e. The molecule has 1 aromatic rings. The van der Waals surface area contributed by atoms with Crippen LogP contribution in [0, 0.1) is 5.41 Å². The zero-order valence-electron chi connectivity index (χ0n) is 15.7. The molecule has 2 aliphatic rings. The predicted molar refractivity (Wildman–Crippen MR) is 95.1 cm³/mol. The first kappa shape index (κ1) is 17.9. The van der Waals surface area contributed by atoms with Crippen molar-refractivity contribution in [3.63, 3.8) is 0 Å². The van der Waals surface area contributed by atoms with E-state index in [1.165, 1.54) is 12.0 Å². The molecule has 3 rings (SSSR count). The van der Waals surface area contributed by atoms with Gasteiger partial charge in [0, 0.05) is 31.1 Å². The van der Waals surface area contributed by atoms with Crippen LogP contribution in [-0.2, 0) is 11.3 Å². The summed E-state index contributed by atoms with van der Waals surface area (Å²) in [5.74, 6) is 1.61. The molecule has 24 heavy (non-hydrogen) atoms. The van der Waals surface area contributed by atoms with E-state index in [1.54, 1.807) is 0 Å². The smallest absolute Gasteiger partial charge is 0.144 e. The predicted octanol–water partition coefficient (Wildman–Crippen LogP) is 3.17. The Kier molecular flexibility index (Phi) is 5.33. The number of nitrogens with one attached hydrogen (secondary N) is 1. The highest BCUT2D eigenvalue weighted by molar-refractivity contribution is 5.19. The highest BCUT2D eigenvalue weighted by atomic mass is 16.5. The molecule has 1 N–H and O–H groups in total. The summed E-state index contributed by atoms with van der Waals surface area (Å²) >= 11 is 0. The van der Waals surface area contributed by atoms with Crippen LogP contribution >= 0.6 is 0 Å². The summed E-state index contributed by atoms with van der Waals surface area (Å²) in [6, 6.07) is 0. The van der Waals surface area contributed by atoms with Crippen LogP contribution in [0.3, 0.4) is 0 Å². The number of rotatable bonds is 6. The molecule has 1 saturated carbocycles. The standard InChI is InChI=1S/C19H33N3O2/c1-18(2)13-19(23-14-18)7-5-15(6-8-19)17-16(11-21-24-17)12-22(4)10-9-20-3/h11,15,20H,5-10,12-14H2,1-4H3/t15-,19+. The lowest BCUT2D eigenvalue weighted by atomic mass is 9.72. The van der Waals surface area contributed by atoms with Crippen molar-refractivity contribution in [1.29, 1.82) is 0 Å². The fourth-order valence-electron chi connectivity index (χ4n) is 4.45. The van der Waals surface area contributed by atoms with Gasteiger partial charge in [-0.05, 0) is 51.6 Å². The second-order valence-electron chi connectivity index (χ2n) is 8.64. The molecular weight excluding hydrogens is 302 g/mol. The average molecular weight is 335 g/mol. The Balaban J connectivity index is 1.58. The number of aromatic nitrogens is 1. The maximum Gasteiger partial charge on any atom is 0.144 e. The minimum atomic E-state index is 0.129. The van der Waals surface area contributed by atoms with Gasteiger partial charge in [-0.2, -0.15) is 0 Å². The largest absolute Gasteiger partial charge is 0.374 e. The number of hydrogen-bond acceptors (Lipinski definition) is 5. The molecular formula is C19H33N3O2. The van der Waals surface area contributed by atoms with Gasteiger partial charge in [-0.3, -0.25) is 0 Å². The Morgan fingerprint density at radius 1 is 1.33 bits per heavy atom. The van der Waals surface area contributed by atoms with Crippen molar-refractivity contribution >= 4 is 0 Å². The topological polar surface area (TPSA) is 50.5 Å². The van der Waals surface area contributed by atoms with Gasteiger partial charge in [0.1, 0.15) is 5.76 Å². The van der Waals surface area contributed by atoms with E-state index >= 15 is 0 Å². The monoisotopic (exact) mass is 335 g/mol. The quantitative estimate of drug-likeness (QED) is 0.865.